The molecule has 0 radical (unpaired) electrons. The van der Waals surface area contributed by atoms with Crippen LogP contribution in [0.15, 0.2) is 6.07 Å². The van der Waals surface area contributed by atoms with E-state index >= 15 is 0 Å². The summed E-state index contributed by atoms with van der Waals surface area (Å²) < 4.78 is 0. The Hall–Kier alpha value is -1.98. The molecule has 116 valence electrons. The number of aromatic amines is 1. The number of hydrogen-bond acceptors (Lipinski definition) is 2. The Labute approximate surface area is 124 Å². The summed E-state index contributed by atoms with van der Waals surface area (Å²) in [6, 6.07) is 1.47. The Kier molecular flexibility index (Phi) is 4.88. The van der Waals surface area contributed by atoms with Crippen LogP contribution in [0.5, 0.6) is 0 Å². The molecule has 0 saturated heterocycles. The van der Waals surface area contributed by atoms with E-state index < -0.39 is 5.97 Å². The van der Waals surface area contributed by atoms with Gasteiger partial charge in [0.2, 0.25) is 0 Å². The van der Waals surface area contributed by atoms with Gasteiger partial charge in [0, 0.05) is 11.7 Å². The average molecular weight is 293 g/mol. The van der Waals surface area contributed by atoms with E-state index in [1.165, 1.54) is 6.42 Å². The highest BCUT2D eigenvalue weighted by Gasteiger charge is 2.23. The Morgan fingerprint density at radius 1 is 1.43 bits per heavy atom. The van der Waals surface area contributed by atoms with Crippen LogP contribution < -0.4 is 10.6 Å². The molecule has 4 N–H and O–H groups in total. The van der Waals surface area contributed by atoms with E-state index in [2.05, 4.69) is 22.5 Å². The van der Waals surface area contributed by atoms with Crippen LogP contribution in [0.3, 0.4) is 0 Å². The summed E-state index contributed by atoms with van der Waals surface area (Å²) in [6.45, 7) is 3.93. The first-order chi connectivity index (χ1) is 9.99. The molecule has 1 fully saturated rings. The van der Waals surface area contributed by atoms with Gasteiger partial charge in [0.15, 0.2) is 0 Å². The van der Waals surface area contributed by atoms with Crippen molar-refractivity contribution >= 4 is 17.7 Å². The zero-order valence-corrected chi connectivity index (χ0v) is 12.5. The molecular formula is C15H23N3O3. The molecule has 2 atom stereocenters. The summed E-state index contributed by atoms with van der Waals surface area (Å²) in [5, 5.41) is 14.7. The molecule has 2 amide bonds. The lowest BCUT2D eigenvalue weighted by Crippen LogP contribution is -2.40. The lowest BCUT2D eigenvalue weighted by molar-refractivity contribution is 0.0692. The van der Waals surface area contributed by atoms with Crippen molar-refractivity contribution in [3.05, 3.63) is 17.5 Å². The number of rotatable bonds is 4. The topological polar surface area (TPSA) is 94.2 Å². The zero-order valence-electron chi connectivity index (χ0n) is 12.5. The van der Waals surface area contributed by atoms with Crippen LogP contribution in [-0.2, 0) is 0 Å². The summed E-state index contributed by atoms with van der Waals surface area (Å²) in [5.41, 5.74) is 1.02. The molecular weight excluding hydrogens is 270 g/mol. The quantitative estimate of drug-likeness (QED) is 0.687. The Morgan fingerprint density at radius 2 is 2.19 bits per heavy atom. The molecule has 0 aliphatic heterocycles. The van der Waals surface area contributed by atoms with Crippen LogP contribution >= 0.6 is 0 Å². The Balaban J connectivity index is 1.94. The number of aryl methyl sites for hydroxylation is 1. The van der Waals surface area contributed by atoms with Crippen molar-refractivity contribution < 1.29 is 14.7 Å². The van der Waals surface area contributed by atoms with Crippen molar-refractivity contribution in [1.29, 1.82) is 0 Å². The second kappa shape index (κ2) is 6.65. The highest BCUT2D eigenvalue weighted by molar-refractivity contribution is 5.99. The van der Waals surface area contributed by atoms with Gasteiger partial charge in [-0.2, -0.15) is 0 Å². The predicted octanol–water partition coefficient (Wildman–Crippen LogP) is 3.11. The van der Waals surface area contributed by atoms with Gasteiger partial charge in [-0.3, -0.25) is 0 Å². The van der Waals surface area contributed by atoms with Crippen molar-refractivity contribution in [2.75, 3.05) is 5.32 Å². The fraction of sp³-hybridized carbons (Fsp3) is 0.600. The van der Waals surface area contributed by atoms with Gasteiger partial charge in [0.05, 0.1) is 5.69 Å². The number of H-pyrrole nitrogens is 1. The standard InChI is InChI=1S/C15H23N3O3/c1-3-10-5-4-6-11(8-10)17-15(21)18-12-7-9(2)16-13(12)14(19)20/h7,10-11,16H,3-6,8H2,1-2H3,(H,19,20)(H2,17,18,21). The fourth-order valence-electron chi connectivity index (χ4n) is 2.99. The lowest BCUT2D eigenvalue weighted by atomic mass is 9.84. The number of nitrogens with one attached hydrogen (secondary N) is 3. The van der Waals surface area contributed by atoms with Crippen LogP contribution in [0.4, 0.5) is 10.5 Å². The summed E-state index contributed by atoms with van der Waals surface area (Å²) >= 11 is 0. The van der Waals surface area contributed by atoms with Gasteiger partial charge in [-0.1, -0.05) is 26.2 Å². The summed E-state index contributed by atoms with van der Waals surface area (Å²) in [6.07, 6.45) is 5.49. The van der Waals surface area contributed by atoms with Crippen LogP contribution in [0.2, 0.25) is 0 Å². The summed E-state index contributed by atoms with van der Waals surface area (Å²) in [4.78, 5) is 25.8. The molecule has 1 aromatic rings. The number of hydrogen-bond donors (Lipinski definition) is 4. The molecule has 1 aliphatic carbocycles. The highest BCUT2D eigenvalue weighted by Crippen LogP contribution is 2.26. The second-order valence-corrected chi connectivity index (χ2v) is 5.78. The van der Waals surface area contributed by atoms with Crippen LogP contribution in [-0.4, -0.2) is 28.1 Å². The van der Waals surface area contributed by atoms with Crippen molar-refractivity contribution in [2.24, 2.45) is 5.92 Å². The number of carbonyl (C=O) groups is 2. The third-order valence-corrected chi connectivity index (χ3v) is 4.11. The van der Waals surface area contributed by atoms with Crippen LogP contribution in [0.25, 0.3) is 0 Å². The molecule has 2 rings (SSSR count). The molecule has 6 heteroatoms. The number of aromatic carboxylic acids is 1. The third kappa shape index (κ3) is 4.00. The zero-order chi connectivity index (χ0) is 15.4. The molecule has 1 saturated carbocycles. The van der Waals surface area contributed by atoms with Gasteiger partial charge in [-0.05, 0) is 31.7 Å². The van der Waals surface area contributed by atoms with Gasteiger partial charge >= 0.3 is 12.0 Å². The minimum atomic E-state index is -1.08. The first-order valence-corrected chi connectivity index (χ1v) is 7.50. The average Bonchev–Trinajstić information content (AvgIpc) is 2.79. The number of urea groups is 1. The second-order valence-electron chi connectivity index (χ2n) is 5.78. The molecule has 1 aromatic heterocycles. The fourth-order valence-corrected chi connectivity index (χ4v) is 2.99. The molecule has 1 aliphatic rings. The maximum Gasteiger partial charge on any atom is 0.354 e. The number of aromatic nitrogens is 1. The highest BCUT2D eigenvalue weighted by atomic mass is 16.4. The maximum atomic E-state index is 12.0. The number of amides is 2. The number of anilines is 1. The van der Waals surface area contributed by atoms with E-state index in [1.54, 1.807) is 13.0 Å². The van der Waals surface area contributed by atoms with E-state index in [-0.39, 0.29) is 17.8 Å². The largest absolute Gasteiger partial charge is 0.477 e. The van der Waals surface area contributed by atoms with E-state index in [1.807, 2.05) is 0 Å². The molecule has 2 unspecified atom stereocenters. The van der Waals surface area contributed by atoms with Gasteiger partial charge in [0.25, 0.3) is 0 Å². The van der Waals surface area contributed by atoms with Gasteiger partial charge in [0.1, 0.15) is 5.69 Å². The van der Waals surface area contributed by atoms with Crippen LogP contribution in [0.1, 0.15) is 55.2 Å². The van der Waals surface area contributed by atoms with Gasteiger partial charge < -0.3 is 20.7 Å². The summed E-state index contributed by atoms with van der Waals surface area (Å²) in [7, 11) is 0. The molecule has 0 spiro atoms. The van der Waals surface area contributed by atoms with Crippen molar-refractivity contribution in [3.8, 4) is 0 Å². The predicted molar refractivity (Wildman–Crippen MR) is 80.7 cm³/mol. The Bertz CT molecular complexity index is 524. The SMILES string of the molecule is CCC1CCCC(NC(=O)Nc2cc(C)[nH]c2C(=O)O)C1. The van der Waals surface area contributed by atoms with E-state index in [9.17, 15) is 9.59 Å². The van der Waals surface area contributed by atoms with Crippen molar-refractivity contribution in [3.63, 3.8) is 0 Å². The molecule has 0 aromatic carbocycles. The van der Waals surface area contributed by atoms with E-state index in [0.29, 0.717) is 17.3 Å². The minimum absolute atomic E-state index is 0.0118. The number of carboxylic acid groups (broad SMARTS) is 1. The monoisotopic (exact) mass is 293 g/mol. The first-order valence-electron chi connectivity index (χ1n) is 7.50. The number of carbonyl (C=O) groups excluding carboxylic acids is 1. The third-order valence-electron chi connectivity index (χ3n) is 4.11. The van der Waals surface area contributed by atoms with Gasteiger partial charge in [-0.25, -0.2) is 9.59 Å². The first kappa shape index (κ1) is 15.4. The lowest BCUT2D eigenvalue weighted by Gasteiger charge is -2.29. The molecule has 1 heterocycles. The van der Waals surface area contributed by atoms with Gasteiger partial charge in [-0.15, -0.1) is 0 Å². The van der Waals surface area contributed by atoms with Crippen molar-refractivity contribution in [2.45, 2.75) is 52.0 Å². The number of carboxylic acids is 1. The Morgan fingerprint density at radius 3 is 2.86 bits per heavy atom. The molecule has 6 nitrogen and oxygen atoms in total. The normalized spacial score (nSPS) is 21.8. The molecule has 0 bridgehead atoms. The van der Waals surface area contributed by atoms with E-state index in [4.69, 9.17) is 5.11 Å². The molecule has 21 heavy (non-hydrogen) atoms. The minimum Gasteiger partial charge on any atom is -0.477 e. The summed E-state index contributed by atoms with van der Waals surface area (Å²) in [5.74, 6) is -0.407. The van der Waals surface area contributed by atoms with Crippen LogP contribution in [0, 0.1) is 12.8 Å². The van der Waals surface area contributed by atoms with Crippen molar-refractivity contribution in [1.82, 2.24) is 10.3 Å². The maximum absolute atomic E-state index is 12.0. The van der Waals surface area contributed by atoms with E-state index in [0.717, 1.165) is 25.7 Å². The smallest absolute Gasteiger partial charge is 0.354 e.